The summed E-state index contributed by atoms with van der Waals surface area (Å²) in [5.74, 6) is 0.873. The van der Waals surface area contributed by atoms with Crippen molar-refractivity contribution < 1.29 is 4.79 Å². The van der Waals surface area contributed by atoms with Crippen LogP contribution in [0.15, 0.2) is 22.8 Å². The Morgan fingerprint density at radius 3 is 2.06 bits per heavy atom. The smallest absolute Gasteiger partial charge is 0.140 e. The van der Waals surface area contributed by atoms with E-state index in [2.05, 4.69) is 26.2 Å². The first-order chi connectivity index (χ1) is 7.90. The number of nitrogens with zero attached hydrogens (tertiary/aromatic N) is 1. The lowest BCUT2D eigenvalue weighted by molar-refractivity contribution is -0.113. The Balaban J connectivity index is 0. The fourth-order valence-corrected chi connectivity index (χ4v) is 1.02. The van der Waals surface area contributed by atoms with Gasteiger partial charge in [-0.25, -0.2) is 4.98 Å². The van der Waals surface area contributed by atoms with E-state index < -0.39 is 0 Å². The Labute approximate surface area is 113 Å². The Hall–Kier alpha value is -0.900. The summed E-state index contributed by atoms with van der Waals surface area (Å²) >= 11 is 3.33. The van der Waals surface area contributed by atoms with Crippen LogP contribution in [0.2, 0.25) is 0 Å². The van der Waals surface area contributed by atoms with E-state index in [1.54, 1.807) is 6.20 Å². The van der Waals surface area contributed by atoms with Crippen molar-refractivity contribution in [3.8, 4) is 0 Å². The minimum Gasteiger partial charge on any atom is -0.372 e. The summed E-state index contributed by atoms with van der Waals surface area (Å²) in [6, 6.07) is 3.82. The minimum atomic E-state index is -0.139. The van der Waals surface area contributed by atoms with Crippen molar-refractivity contribution in [3.05, 3.63) is 22.8 Å². The van der Waals surface area contributed by atoms with Gasteiger partial charge in [-0.3, -0.25) is 0 Å². The van der Waals surface area contributed by atoms with Crippen molar-refractivity contribution in [1.82, 2.24) is 4.98 Å². The Morgan fingerprint density at radius 2 is 1.82 bits per heavy atom. The molecule has 0 radical (unpaired) electrons. The molecule has 3 nitrogen and oxygen atoms in total. The molecule has 0 aromatic carbocycles. The maximum Gasteiger partial charge on any atom is 0.140 e. The zero-order valence-electron chi connectivity index (χ0n) is 11.5. The summed E-state index contributed by atoms with van der Waals surface area (Å²) in [5, 5.41) is 2.94. The average molecular weight is 303 g/mol. The topological polar surface area (TPSA) is 42.0 Å². The van der Waals surface area contributed by atoms with Gasteiger partial charge in [0.1, 0.15) is 12.1 Å². The summed E-state index contributed by atoms with van der Waals surface area (Å²) in [6.07, 6.45) is 2.68. The van der Waals surface area contributed by atoms with Gasteiger partial charge in [0, 0.05) is 18.7 Å². The van der Waals surface area contributed by atoms with Crippen LogP contribution in [0.5, 0.6) is 0 Å². The molecule has 1 aromatic heterocycles. The maximum atomic E-state index is 9.83. The number of aldehydes is 1. The number of aromatic nitrogens is 1. The van der Waals surface area contributed by atoms with Crippen LogP contribution in [0.3, 0.4) is 0 Å². The van der Waals surface area contributed by atoms with E-state index in [1.165, 1.54) is 0 Å². The zero-order valence-corrected chi connectivity index (χ0v) is 13.1. The Morgan fingerprint density at radius 1 is 1.35 bits per heavy atom. The van der Waals surface area contributed by atoms with Gasteiger partial charge in [-0.2, -0.15) is 0 Å². The molecule has 0 aliphatic heterocycles. The number of anilines is 1. The van der Waals surface area contributed by atoms with Crippen LogP contribution < -0.4 is 5.32 Å². The normalized spacial score (nSPS) is 9.12. The van der Waals surface area contributed by atoms with Crippen LogP contribution in [-0.4, -0.2) is 18.3 Å². The SMILES string of the molecule is CC.CC(C)(C)C=O.CNc1ncccc1Br. The van der Waals surface area contributed by atoms with Crippen molar-refractivity contribution in [2.24, 2.45) is 5.41 Å². The highest BCUT2D eigenvalue weighted by Gasteiger charge is 2.04. The predicted octanol–water partition coefficient (Wildman–Crippen LogP) is 4.14. The number of hydrogen-bond acceptors (Lipinski definition) is 3. The molecule has 0 spiro atoms. The van der Waals surface area contributed by atoms with Gasteiger partial charge in [-0.05, 0) is 28.1 Å². The van der Waals surface area contributed by atoms with Gasteiger partial charge in [-0.15, -0.1) is 0 Å². The fraction of sp³-hybridized carbons (Fsp3) is 0.538. The van der Waals surface area contributed by atoms with E-state index in [4.69, 9.17) is 0 Å². The van der Waals surface area contributed by atoms with Crippen LogP contribution in [0, 0.1) is 5.41 Å². The lowest BCUT2D eigenvalue weighted by atomic mass is 10.0. The molecule has 0 unspecified atom stereocenters. The summed E-state index contributed by atoms with van der Waals surface area (Å²) in [6.45, 7) is 9.62. The summed E-state index contributed by atoms with van der Waals surface area (Å²) < 4.78 is 0.993. The predicted molar refractivity (Wildman–Crippen MR) is 78.4 cm³/mol. The van der Waals surface area contributed by atoms with Crippen molar-refractivity contribution in [2.45, 2.75) is 34.6 Å². The average Bonchev–Trinajstić information content (AvgIpc) is 2.32. The molecule has 17 heavy (non-hydrogen) atoms. The molecule has 0 saturated carbocycles. The first kappa shape index (κ1) is 18.5. The highest BCUT2D eigenvalue weighted by atomic mass is 79.9. The van der Waals surface area contributed by atoms with Crippen LogP contribution in [0.25, 0.3) is 0 Å². The molecule has 1 heterocycles. The highest BCUT2D eigenvalue weighted by Crippen LogP contribution is 2.16. The van der Waals surface area contributed by atoms with Gasteiger partial charge in [-0.1, -0.05) is 34.6 Å². The van der Waals surface area contributed by atoms with Gasteiger partial charge in [0.05, 0.1) is 4.47 Å². The first-order valence-electron chi connectivity index (χ1n) is 5.65. The number of hydrogen-bond donors (Lipinski definition) is 1. The monoisotopic (exact) mass is 302 g/mol. The molecule has 0 aliphatic carbocycles. The van der Waals surface area contributed by atoms with E-state index in [0.29, 0.717) is 0 Å². The van der Waals surface area contributed by atoms with Crippen molar-refractivity contribution in [2.75, 3.05) is 12.4 Å². The third-order valence-electron chi connectivity index (χ3n) is 1.35. The highest BCUT2D eigenvalue weighted by molar-refractivity contribution is 9.10. The Kier molecular flexibility index (Phi) is 11.2. The van der Waals surface area contributed by atoms with E-state index in [1.807, 2.05) is 53.8 Å². The van der Waals surface area contributed by atoms with E-state index in [-0.39, 0.29) is 5.41 Å². The van der Waals surface area contributed by atoms with Crippen molar-refractivity contribution >= 4 is 28.0 Å². The van der Waals surface area contributed by atoms with Gasteiger partial charge in [0.15, 0.2) is 0 Å². The molecule has 0 aliphatic rings. The molecule has 4 heteroatoms. The molecule has 0 bridgehead atoms. The number of pyridine rings is 1. The molecule has 1 rings (SSSR count). The largest absolute Gasteiger partial charge is 0.372 e. The second-order valence-corrected chi connectivity index (χ2v) is 4.92. The lowest BCUT2D eigenvalue weighted by Gasteiger charge is -2.03. The van der Waals surface area contributed by atoms with E-state index in [9.17, 15) is 4.79 Å². The van der Waals surface area contributed by atoms with Gasteiger partial charge in [0.25, 0.3) is 0 Å². The molecule has 1 N–H and O–H groups in total. The van der Waals surface area contributed by atoms with E-state index in [0.717, 1.165) is 16.6 Å². The molecule has 1 aromatic rings. The first-order valence-corrected chi connectivity index (χ1v) is 6.44. The quantitative estimate of drug-likeness (QED) is 0.793. The Bertz CT molecular complexity index is 309. The van der Waals surface area contributed by atoms with Crippen molar-refractivity contribution in [3.63, 3.8) is 0 Å². The molecule has 0 fully saturated rings. The summed E-state index contributed by atoms with van der Waals surface area (Å²) in [5.41, 5.74) is -0.139. The fourth-order valence-electron chi connectivity index (χ4n) is 0.570. The summed E-state index contributed by atoms with van der Waals surface area (Å²) in [4.78, 5) is 13.9. The molecule has 98 valence electrons. The number of carbonyl (C=O) groups excluding carboxylic acids is 1. The number of rotatable bonds is 1. The van der Waals surface area contributed by atoms with Crippen molar-refractivity contribution in [1.29, 1.82) is 0 Å². The second-order valence-electron chi connectivity index (χ2n) is 4.07. The van der Waals surface area contributed by atoms with Gasteiger partial charge < -0.3 is 10.1 Å². The standard InChI is InChI=1S/C6H7BrN2.C5H10O.C2H6/c1-8-6-5(7)3-2-4-9-6;1-5(2,3)4-6;1-2/h2-4H,1H3,(H,8,9);4H,1-3H3;1-2H3. The van der Waals surface area contributed by atoms with Crippen LogP contribution in [-0.2, 0) is 4.79 Å². The second kappa shape index (κ2) is 10.3. The van der Waals surface area contributed by atoms with Crippen LogP contribution in [0.4, 0.5) is 5.82 Å². The van der Waals surface area contributed by atoms with Gasteiger partial charge >= 0.3 is 0 Å². The molecule has 0 amide bonds. The third kappa shape index (κ3) is 11.4. The third-order valence-corrected chi connectivity index (χ3v) is 1.99. The molecular formula is C13H23BrN2O. The number of carbonyl (C=O) groups is 1. The van der Waals surface area contributed by atoms with Crippen LogP contribution in [0.1, 0.15) is 34.6 Å². The number of nitrogens with one attached hydrogen (secondary N) is 1. The molecule has 0 atom stereocenters. The van der Waals surface area contributed by atoms with Crippen LogP contribution >= 0.6 is 15.9 Å². The number of halogens is 1. The van der Waals surface area contributed by atoms with Gasteiger partial charge in [0.2, 0.25) is 0 Å². The zero-order chi connectivity index (χ0) is 13.9. The molecule has 0 saturated heterocycles. The lowest BCUT2D eigenvalue weighted by Crippen LogP contribution is -2.04. The minimum absolute atomic E-state index is 0.139. The molecular weight excluding hydrogens is 280 g/mol. The van der Waals surface area contributed by atoms with E-state index >= 15 is 0 Å². The summed E-state index contributed by atoms with van der Waals surface area (Å²) in [7, 11) is 1.84. The maximum absolute atomic E-state index is 9.83.